The molecule has 1 saturated carbocycles. The van der Waals surface area contributed by atoms with Crippen molar-refractivity contribution in [1.82, 2.24) is 4.98 Å². The van der Waals surface area contributed by atoms with Gasteiger partial charge in [0, 0.05) is 30.0 Å². The van der Waals surface area contributed by atoms with E-state index in [-0.39, 0.29) is 11.2 Å². The molecule has 4 rings (SSSR count). The number of nitrogens with zero attached hydrogens (tertiary/aromatic N) is 2. The van der Waals surface area contributed by atoms with Crippen molar-refractivity contribution in [2.24, 2.45) is 5.41 Å². The van der Waals surface area contributed by atoms with Gasteiger partial charge >= 0.3 is 0 Å². The minimum atomic E-state index is -0.149. The number of Topliss-reactive ketones (excluding diaryl/α,β-unsaturated/α-hetero) is 1. The number of hydrogen-bond acceptors (Lipinski definition) is 4. The number of carbonyl (C=O) groups is 1. The lowest BCUT2D eigenvalue weighted by atomic mass is 9.92. The van der Waals surface area contributed by atoms with Gasteiger partial charge in [-0.2, -0.15) is 0 Å². The lowest BCUT2D eigenvalue weighted by Gasteiger charge is -2.11. The summed E-state index contributed by atoms with van der Waals surface area (Å²) >= 11 is 1.67. The number of rotatable bonds is 4. The SMILES string of the molecule is CCN(C)c1nc2c(cc(C(=O)C3(C)CC3)c3ccccc32)s1. The Labute approximate surface area is 139 Å². The second-order valence-corrected chi connectivity index (χ2v) is 7.73. The fourth-order valence-electron chi connectivity index (χ4n) is 2.97. The van der Waals surface area contributed by atoms with E-state index in [0.717, 1.165) is 51.1 Å². The number of hydrogen-bond donors (Lipinski definition) is 0. The summed E-state index contributed by atoms with van der Waals surface area (Å²) < 4.78 is 1.10. The summed E-state index contributed by atoms with van der Waals surface area (Å²) in [4.78, 5) is 19.9. The topological polar surface area (TPSA) is 33.2 Å². The Morgan fingerprint density at radius 1 is 1.30 bits per heavy atom. The van der Waals surface area contributed by atoms with Crippen LogP contribution in [0.4, 0.5) is 5.13 Å². The molecule has 1 aliphatic rings. The molecule has 1 fully saturated rings. The predicted molar refractivity (Wildman–Crippen MR) is 97.7 cm³/mol. The average Bonchev–Trinajstić information content (AvgIpc) is 3.18. The second kappa shape index (κ2) is 5.03. The van der Waals surface area contributed by atoms with Gasteiger partial charge in [0.1, 0.15) is 0 Å². The Bertz CT molecular complexity index is 924. The third-order valence-electron chi connectivity index (χ3n) is 4.98. The van der Waals surface area contributed by atoms with E-state index in [9.17, 15) is 4.79 Å². The van der Waals surface area contributed by atoms with Crippen LogP contribution in [0.1, 0.15) is 37.0 Å². The average molecular weight is 324 g/mol. The molecule has 0 bridgehead atoms. The van der Waals surface area contributed by atoms with E-state index >= 15 is 0 Å². The molecule has 4 heteroatoms. The van der Waals surface area contributed by atoms with Gasteiger partial charge in [0.2, 0.25) is 0 Å². The highest BCUT2D eigenvalue weighted by Gasteiger charge is 2.45. The van der Waals surface area contributed by atoms with Crippen molar-refractivity contribution in [3.63, 3.8) is 0 Å². The van der Waals surface area contributed by atoms with Crippen LogP contribution in [0, 0.1) is 5.41 Å². The van der Waals surface area contributed by atoms with Gasteiger partial charge in [-0.15, -0.1) is 0 Å². The molecule has 0 unspecified atom stereocenters. The fraction of sp³-hybridized carbons (Fsp3) is 0.368. The van der Waals surface area contributed by atoms with E-state index in [1.165, 1.54) is 0 Å². The number of thiazole rings is 1. The Morgan fingerprint density at radius 2 is 2.00 bits per heavy atom. The first-order valence-corrected chi connectivity index (χ1v) is 8.93. The molecule has 1 aliphatic carbocycles. The highest BCUT2D eigenvalue weighted by molar-refractivity contribution is 7.22. The first-order chi connectivity index (χ1) is 11.0. The van der Waals surface area contributed by atoms with E-state index in [4.69, 9.17) is 4.98 Å². The van der Waals surface area contributed by atoms with Crippen LogP contribution in [0.15, 0.2) is 30.3 Å². The summed E-state index contributed by atoms with van der Waals surface area (Å²) in [7, 11) is 2.05. The molecule has 3 nitrogen and oxygen atoms in total. The maximum Gasteiger partial charge on any atom is 0.186 e. The maximum atomic E-state index is 13.0. The number of anilines is 1. The molecule has 0 atom stereocenters. The van der Waals surface area contributed by atoms with E-state index in [1.54, 1.807) is 11.3 Å². The summed E-state index contributed by atoms with van der Waals surface area (Å²) in [5.74, 6) is 0.286. The minimum absolute atomic E-state index is 0.149. The number of carbonyl (C=O) groups excluding carboxylic acids is 1. The molecular weight excluding hydrogens is 304 g/mol. The van der Waals surface area contributed by atoms with E-state index in [2.05, 4.69) is 44.0 Å². The summed E-state index contributed by atoms with van der Waals surface area (Å²) in [5.41, 5.74) is 1.73. The standard InChI is InChI=1S/C19H20N2OS/c1-4-21(3)18-20-16-13-8-6-5-7-12(13)14(11-15(16)23-18)17(22)19(2)9-10-19/h5-8,11H,4,9-10H2,1-3H3. The van der Waals surface area contributed by atoms with Crippen LogP contribution in [0.3, 0.4) is 0 Å². The van der Waals surface area contributed by atoms with Gasteiger partial charge in [-0.1, -0.05) is 42.5 Å². The smallest absolute Gasteiger partial charge is 0.186 e. The molecule has 3 aromatic rings. The molecule has 0 spiro atoms. The van der Waals surface area contributed by atoms with E-state index < -0.39 is 0 Å². The molecule has 118 valence electrons. The maximum absolute atomic E-state index is 13.0. The Kier molecular flexibility index (Phi) is 3.20. The van der Waals surface area contributed by atoms with Crippen molar-refractivity contribution in [3.8, 4) is 0 Å². The molecule has 0 radical (unpaired) electrons. The molecule has 0 amide bonds. The van der Waals surface area contributed by atoms with Gasteiger partial charge in [0.05, 0.1) is 10.2 Å². The van der Waals surface area contributed by atoms with Crippen molar-refractivity contribution in [3.05, 3.63) is 35.9 Å². The summed E-state index contributed by atoms with van der Waals surface area (Å²) in [6, 6.07) is 10.2. The Balaban J connectivity index is 2.00. The van der Waals surface area contributed by atoms with Crippen LogP contribution in [0.5, 0.6) is 0 Å². The predicted octanol–water partition coefficient (Wildman–Crippen LogP) is 4.89. The van der Waals surface area contributed by atoms with Gasteiger partial charge < -0.3 is 4.90 Å². The minimum Gasteiger partial charge on any atom is -0.351 e. The third kappa shape index (κ3) is 2.24. The van der Waals surface area contributed by atoms with E-state index in [0.29, 0.717) is 0 Å². The Morgan fingerprint density at radius 3 is 2.65 bits per heavy atom. The van der Waals surface area contributed by atoms with Crippen LogP contribution >= 0.6 is 11.3 Å². The van der Waals surface area contributed by atoms with Crippen molar-refractivity contribution >= 4 is 43.2 Å². The first-order valence-electron chi connectivity index (χ1n) is 8.12. The Hall–Kier alpha value is -1.94. The van der Waals surface area contributed by atoms with Crippen LogP contribution in [0.2, 0.25) is 0 Å². The number of ketones is 1. The zero-order valence-electron chi connectivity index (χ0n) is 13.7. The zero-order valence-corrected chi connectivity index (χ0v) is 14.5. The lowest BCUT2D eigenvalue weighted by molar-refractivity contribution is 0.0914. The van der Waals surface area contributed by atoms with Gasteiger partial charge in [0.25, 0.3) is 0 Å². The molecule has 0 saturated heterocycles. The largest absolute Gasteiger partial charge is 0.351 e. The van der Waals surface area contributed by atoms with Crippen LogP contribution in [-0.4, -0.2) is 24.4 Å². The molecule has 0 N–H and O–H groups in total. The fourth-order valence-corrected chi connectivity index (χ4v) is 4.02. The quantitative estimate of drug-likeness (QED) is 0.641. The number of aromatic nitrogens is 1. The van der Waals surface area contributed by atoms with E-state index in [1.807, 2.05) is 12.1 Å². The summed E-state index contributed by atoms with van der Waals surface area (Å²) in [6.45, 7) is 5.12. The highest BCUT2D eigenvalue weighted by Crippen LogP contribution is 2.49. The van der Waals surface area contributed by atoms with Crippen molar-refractivity contribution in [2.45, 2.75) is 26.7 Å². The van der Waals surface area contributed by atoms with Crippen molar-refractivity contribution < 1.29 is 4.79 Å². The first kappa shape index (κ1) is 14.6. The number of fused-ring (bicyclic) bond motifs is 3. The summed E-state index contributed by atoms with van der Waals surface area (Å²) in [6.07, 6.45) is 2.01. The van der Waals surface area contributed by atoms with Crippen LogP contribution in [-0.2, 0) is 0 Å². The monoisotopic (exact) mass is 324 g/mol. The molecule has 23 heavy (non-hydrogen) atoms. The van der Waals surface area contributed by atoms with Gasteiger partial charge in [-0.3, -0.25) is 4.79 Å². The molecule has 1 heterocycles. The van der Waals surface area contributed by atoms with Crippen LogP contribution in [0.25, 0.3) is 21.0 Å². The summed E-state index contributed by atoms with van der Waals surface area (Å²) in [5, 5.41) is 3.13. The number of benzene rings is 2. The molecular formula is C19H20N2OS. The van der Waals surface area contributed by atoms with Gasteiger partial charge in [-0.25, -0.2) is 4.98 Å². The van der Waals surface area contributed by atoms with Crippen LogP contribution < -0.4 is 4.90 Å². The second-order valence-electron chi connectivity index (χ2n) is 6.72. The van der Waals surface area contributed by atoms with Gasteiger partial charge in [0.15, 0.2) is 10.9 Å². The van der Waals surface area contributed by atoms with Crippen molar-refractivity contribution in [2.75, 3.05) is 18.5 Å². The molecule has 0 aliphatic heterocycles. The van der Waals surface area contributed by atoms with Gasteiger partial charge in [-0.05, 0) is 31.2 Å². The normalized spacial score (nSPS) is 16.0. The molecule has 2 aromatic carbocycles. The third-order valence-corrected chi connectivity index (χ3v) is 6.10. The molecule has 1 aromatic heterocycles. The lowest BCUT2D eigenvalue weighted by Crippen LogP contribution is -2.15. The zero-order chi connectivity index (χ0) is 16.2. The highest BCUT2D eigenvalue weighted by atomic mass is 32.1. The van der Waals surface area contributed by atoms with Crippen molar-refractivity contribution in [1.29, 1.82) is 0 Å².